The molecule has 0 aliphatic carbocycles. The summed E-state index contributed by atoms with van der Waals surface area (Å²) in [6, 6.07) is 6.97. The number of ether oxygens (including phenoxy) is 1. The van der Waals surface area contributed by atoms with Crippen LogP contribution >= 0.6 is 0 Å². The lowest BCUT2D eigenvalue weighted by atomic mass is 10.2. The molecule has 0 heterocycles. The molecule has 0 bridgehead atoms. The summed E-state index contributed by atoms with van der Waals surface area (Å²) in [6.45, 7) is 2.12. The Morgan fingerprint density at radius 2 is 2.22 bits per heavy atom. The van der Waals surface area contributed by atoms with Gasteiger partial charge in [0, 0.05) is 0 Å². The molecular formula is C13H20N2O3. The number of benzene rings is 1. The van der Waals surface area contributed by atoms with Crippen molar-refractivity contribution in [2.24, 2.45) is 0 Å². The first-order valence-corrected chi connectivity index (χ1v) is 6.05. The number of aliphatic hydroxyl groups excluding tert-OH is 1. The highest BCUT2D eigenvalue weighted by Gasteiger charge is 2.09. The summed E-state index contributed by atoms with van der Waals surface area (Å²) >= 11 is 0. The molecule has 0 aliphatic rings. The third kappa shape index (κ3) is 4.63. The highest BCUT2D eigenvalue weighted by Crippen LogP contribution is 2.19. The van der Waals surface area contributed by atoms with Crippen molar-refractivity contribution in [3.05, 3.63) is 24.3 Å². The van der Waals surface area contributed by atoms with E-state index < -0.39 is 0 Å². The fourth-order valence-electron chi connectivity index (χ4n) is 1.44. The van der Waals surface area contributed by atoms with E-state index in [9.17, 15) is 4.79 Å². The quantitative estimate of drug-likeness (QED) is 0.630. The molecule has 0 fully saturated rings. The summed E-state index contributed by atoms with van der Waals surface area (Å²) in [7, 11) is 0. The molecule has 5 heteroatoms. The Labute approximate surface area is 107 Å². The van der Waals surface area contributed by atoms with Crippen LogP contribution in [0.15, 0.2) is 24.3 Å². The molecule has 0 radical (unpaired) electrons. The molecule has 0 saturated heterocycles. The molecular weight excluding hydrogens is 232 g/mol. The number of carbonyl (C=O) groups excluding carboxylic acids is 1. The Bertz CT molecular complexity index is 378. The van der Waals surface area contributed by atoms with Gasteiger partial charge in [-0.1, -0.05) is 19.1 Å². The molecule has 1 unspecified atom stereocenters. The van der Waals surface area contributed by atoms with Crippen molar-refractivity contribution in [2.45, 2.75) is 25.8 Å². The second-order valence-corrected chi connectivity index (χ2v) is 3.99. The van der Waals surface area contributed by atoms with Gasteiger partial charge < -0.3 is 20.9 Å². The summed E-state index contributed by atoms with van der Waals surface area (Å²) in [6.07, 6.45) is 0.944. The Morgan fingerprint density at radius 1 is 1.50 bits per heavy atom. The first kappa shape index (κ1) is 14.3. The number of nitrogens with one attached hydrogen (secondary N) is 1. The number of hydrogen-bond acceptors (Lipinski definition) is 4. The Balaban J connectivity index is 2.29. The number of para-hydroxylation sites is 2. The zero-order valence-electron chi connectivity index (χ0n) is 10.6. The minimum atomic E-state index is -0.181. The van der Waals surface area contributed by atoms with Gasteiger partial charge in [-0.2, -0.15) is 0 Å². The summed E-state index contributed by atoms with van der Waals surface area (Å²) < 4.78 is 5.41. The third-order valence-corrected chi connectivity index (χ3v) is 2.58. The van der Waals surface area contributed by atoms with Crippen LogP contribution in [0, 0.1) is 0 Å². The summed E-state index contributed by atoms with van der Waals surface area (Å²) in [5, 5.41) is 11.7. The number of nitrogen functional groups attached to an aromatic ring is 1. The van der Waals surface area contributed by atoms with Crippen molar-refractivity contribution >= 4 is 11.6 Å². The molecule has 18 heavy (non-hydrogen) atoms. The maximum atomic E-state index is 11.5. The molecule has 1 atom stereocenters. The maximum Gasteiger partial charge on any atom is 0.223 e. The molecule has 1 aromatic carbocycles. The molecule has 1 aromatic rings. The Kier molecular flexibility index (Phi) is 6.00. The average Bonchev–Trinajstić information content (AvgIpc) is 2.38. The predicted octanol–water partition coefficient (Wildman–Crippen LogP) is 0.925. The normalized spacial score (nSPS) is 11.9. The molecule has 1 amide bonds. The van der Waals surface area contributed by atoms with Crippen LogP contribution in [-0.2, 0) is 4.79 Å². The molecule has 0 saturated carbocycles. The van der Waals surface area contributed by atoms with Crippen LogP contribution in [0.4, 0.5) is 5.69 Å². The van der Waals surface area contributed by atoms with Crippen molar-refractivity contribution in [3.8, 4) is 5.75 Å². The molecule has 0 aliphatic heterocycles. The van der Waals surface area contributed by atoms with Crippen LogP contribution in [-0.4, -0.2) is 30.3 Å². The molecule has 100 valence electrons. The van der Waals surface area contributed by atoms with E-state index in [0.717, 1.165) is 0 Å². The fraction of sp³-hybridized carbons (Fsp3) is 0.462. The number of nitrogens with two attached hydrogens (primary N) is 1. The largest absolute Gasteiger partial charge is 0.491 e. The topological polar surface area (TPSA) is 84.6 Å². The van der Waals surface area contributed by atoms with Gasteiger partial charge in [-0.3, -0.25) is 4.79 Å². The van der Waals surface area contributed by atoms with Gasteiger partial charge in [0.25, 0.3) is 0 Å². The predicted molar refractivity (Wildman–Crippen MR) is 70.3 cm³/mol. The van der Waals surface area contributed by atoms with Crippen LogP contribution < -0.4 is 15.8 Å². The Morgan fingerprint density at radius 3 is 2.83 bits per heavy atom. The third-order valence-electron chi connectivity index (χ3n) is 2.58. The van der Waals surface area contributed by atoms with Crippen molar-refractivity contribution < 1.29 is 14.6 Å². The minimum absolute atomic E-state index is 0.0469. The van der Waals surface area contributed by atoms with Crippen LogP contribution in [0.1, 0.15) is 19.8 Å². The van der Waals surface area contributed by atoms with Crippen molar-refractivity contribution in [1.29, 1.82) is 0 Å². The SMILES string of the molecule is CCC(CO)NC(=O)CCOc1ccccc1N. The van der Waals surface area contributed by atoms with E-state index >= 15 is 0 Å². The first-order chi connectivity index (χ1) is 8.67. The summed E-state index contributed by atoms with van der Waals surface area (Å²) in [5.74, 6) is 0.449. The van der Waals surface area contributed by atoms with Gasteiger partial charge in [-0.05, 0) is 18.6 Å². The van der Waals surface area contributed by atoms with E-state index in [-0.39, 0.29) is 31.6 Å². The van der Waals surface area contributed by atoms with Gasteiger partial charge >= 0.3 is 0 Å². The summed E-state index contributed by atoms with van der Waals surface area (Å²) in [4.78, 5) is 11.5. The van der Waals surface area contributed by atoms with Crippen molar-refractivity contribution in [3.63, 3.8) is 0 Å². The van der Waals surface area contributed by atoms with Gasteiger partial charge in [0.2, 0.25) is 5.91 Å². The molecule has 4 N–H and O–H groups in total. The highest BCUT2D eigenvalue weighted by atomic mass is 16.5. The second kappa shape index (κ2) is 7.55. The van der Waals surface area contributed by atoms with Crippen molar-refractivity contribution in [2.75, 3.05) is 18.9 Å². The number of anilines is 1. The van der Waals surface area contributed by atoms with Crippen LogP contribution in [0.2, 0.25) is 0 Å². The Hall–Kier alpha value is -1.75. The van der Waals surface area contributed by atoms with Crippen LogP contribution in [0.25, 0.3) is 0 Å². The lowest BCUT2D eigenvalue weighted by Crippen LogP contribution is -2.37. The van der Waals surface area contributed by atoms with E-state index in [2.05, 4.69) is 5.32 Å². The highest BCUT2D eigenvalue weighted by molar-refractivity contribution is 5.76. The van der Waals surface area contributed by atoms with Gasteiger partial charge in [-0.25, -0.2) is 0 Å². The monoisotopic (exact) mass is 252 g/mol. The van der Waals surface area contributed by atoms with E-state index in [1.54, 1.807) is 12.1 Å². The fourth-order valence-corrected chi connectivity index (χ4v) is 1.44. The maximum absolute atomic E-state index is 11.5. The van der Waals surface area contributed by atoms with Crippen molar-refractivity contribution in [1.82, 2.24) is 5.32 Å². The van der Waals surface area contributed by atoms with Gasteiger partial charge in [0.05, 0.1) is 31.4 Å². The van der Waals surface area contributed by atoms with Crippen LogP contribution in [0.5, 0.6) is 5.75 Å². The van der Waals surface area contributed by atoms with Gasteiger partial charge in [-0.15, -0.1) is 0 Å². The smallest absolute Gasteiger partial charge is 0.223 e. The molecule has 0 spiro atoms. The lowest BCUT2D eigenvalue weighted by molar-refractivity contribution is -0.122. The van der Waals surface area contributed by atoms with E-state index in [0.29, 0.717) is 17.9 Å². The standard InChI is InChI=1S/C13H20N2O3/c1-2-10(9-16)15-13(17)7-8-18-12-6-4-3-5-11(12)14/h3-6,10,16H,2,7-9,14H2,1H3,(H,15,17). The van der Waals surface area contributed by atoms with Gasteiger partial charge in [0.15, 0.2) is 0 Å². The van der Waals surface area contributed by atoms with Crippen LogP contribution in [0.3, 0.4) is 0 Å². The minimum Gasteiger partial charge on any atom is -0.491 e. The number of amides is 1. The summed E-state index contributed by atoms with van der Waals surface area (Å²) in [5.41, 5.74) is 6.26. The number of aliphatic hydroxyl groups is 1. The van der Waals surface area contributed by atoms with E-state index in [1.165, 1.54) is 0 Å². The molecule has 0 aromatic heterocycles. The molecule has 1 rings (SSSR count). The van der Waals surface area contributed by atoms with Gasteiger partial charge in [0.1, 0.15) is 5.75 Å². The average molecular weight is 252 g/mol. The van der Waals surface area contributed by atoms with E-state index in [1.807, 2.05) is 19.1 Å². The number of hydrogen-bond donors (Lipinski definition) is 3. The van der Waals surface area contributed by atoms with E-state index in [4.69, 9.17) is 15.6 Å². The first-order valence-electron chi connectivity index (χ1n) is 6.05. The number of rotatable bonds is 7. The number of carbonyl (C=O) groups is 1. The zero-order chi connectivity index (χ0) is 13.4. The lowest BCUT2D eigenvalue weighted by Gasteiger charge is -2.14. The molecule has 5 nitrogen and oxygen atoms in total. The second-order valence-electron chi connectivity index (χ2n) is 3.99. The zero-order valence-corrected chi connectivity index (χ0v) is 10.6.